The van der Waals surface area contributed by atoms with Crippen LogP contribution in [0.1, 0.15) is 65.0 Å². The largest absolute Gasteiger partial charge is 0.463 e. The van der Waals surface area contributed by atoms with Crippen molar-refractivity contribution in [3.63, 3.8) is 0 Å². The van der Waals surface area contributed by atoms with Crippen LogP contribution in [0.5, 0.6) is 0 Å². The molecule has 0 bridgehead atoms. The number of epoxide rings is 1. The van der Waals surface area contributed by atoms with Crippen LogP contribution < -0.4 is 0 Å². The van der Waals surface area contributed by atoms with Gasteiger partial charge in [0.2, 0.25) is 5.60 Å². The van der Waals surface area contributed by atoms with Crippen LogP contribution in [0, 0.1) is 0 Å². The van der Waals surface area contributed by atoms with Gasteiger partial charge in [-0.25, -0.2) is 4.79 Å². The molecule has 3 atom stereocenters. The van der Waals surface area contributed by atoms with Gasteiger partial charge in [-0.05, 0) is 43.5 Å². The number of hydrogen-bond acceptors (Lipinski definition) is 6. The van der Waals surface area contributed by atoms with E-state index < -0.39 is 19.5 Å². The molecule has 0 radical (unpaired) electrons. The molecule has 176 valence electrons. The van der Waals surface area contributed by atoms with Crippen molar-refractivity contribution in [2.24, 2.45) is 5.10 Å². The maximum absolute atomic E-state index is 13.1. The van der Waals surface area contributed by atoms with E-state index in [1.807, 2.05) is 30.1 Å². The number of carbonyl (C=O) groups is 1. The summed E-state index contributed by atoms with van der Waals surface area (Å²) in [6.45, 7) is 14.3. The summed E-state index contributed by atoms with van der Waals surface area (Å²) in [5, 5.41) is 6.74. The van der Waals surface area contributed by atoms with Crippen molar-refractivity contribution in [1.29, 1.82) is 0 Å². The molecule has 6 nitrogen and oxygen atoms in total. The van der Waals surface area contributed by atoms with Crippen molar-refractivity contribution in [1.82, 2.24) is 5.01 Å². The third-order valence-corrected chi connectivity index (χ3v) is 12.1. The molecule has 3 unspecified atom stereocenters. The summed E-state index contributed by atoms with van der Waals surface area (Å²) in [4.78, 5) is 13.1. The Hall–Kier alpha value is -1.70. The lowest BCUT2D eigenvalue weighted by Gasteiger charge is -2.44. The smallest absolute Gasteiger partial charge is 0.347 e. The summed E-state index contributed by atoms with van der Waals surface area (Å²) in [6.07, 6.45) is 5.35. The van der Waals surface area contributed by atoms with Crippen molar-refractivity contribution >= 4 is 20.5 Å². The van der Waals surface area contributed by atoms with Gasteiger partial charge in [0, 0.05) is 0 Å². The highest BCUT2D eigenvalue weighted by Crippen LogP contribution is 2.55. The highest BCUT2D eigenvalue weighted by molar-refractivity contribution is 6.74. The lowest BCUT2D eigenvalue weighted by molar-refractivity contribution is -0.146. The summed E-state index contributed by atoms with van der Waals surface area (Å²) in [5.74, 6) is -0.350. The van der Waals surface area contributed by atoms with E-state index in [0.29, 0.717) is 6.61 Å². The van der Waals surface area contributed by atoms with E-state index >= 15 is 0 Å². The minimum atomic E-state index is -2.06. The number of esters is 1. The van der Waals surface area contributed by atoms with Crippen molar-refractivity contribution in [3.05, 3.63) is 35.9 Å². The van der Waals surface area contributed by atoms with E-state index in [4.69, 9.17) is 13.9 Å². The van der Waals surface area contributed by atoms with Gasteiger partial charge < -0.3 is 13.9 Å². The van der Waals surface area contributed by atoms with Gasteiger partial charge >= 0.3 is 5.97 Å². The molecule has 3 fully saturated rings. The summed E-state index contributed by atoms with van der Waals surface area (Å²) in [7, 11) is -2.06. The number of nitrogens with zero attached hydrogens (tertiary/aromatic N) is 2. The quantitative estimate of drug-likeness (QED) is 0.236. The summed E-state index contributed by atoms with van der Waals surface area (Å²) < 4.78 is 18.7. The molecule has 1 saturated carbocycles. The number of ether oxygens (including phenoxy) is 2. The Morgan fingerprint density at radius 1 is 1.25 bits per heavy atom. The first-order chi connectivity index (χ1) is 15.0. The minimum Gasteiger partial charge on any atom is -0.463 e. The average molecular weight is 459 g/mol. The molecule has 3 aliphatic rings. The first-order valence-electron chi connectivity index (χ1n) is 12.0. The molecule has 7 heteroatoms. The zero-order valence-electron chi connectivity index (χ0n) is 20.4. The molecule has 0 amide bonds. The lowest BCUT2D eigenvalue weighted by atomic mass is 9.89. The molecular weight excluding hydrogens is 420 g/mol. The number of benzene rings is 1. The second-order valence-corrected chi connectivity index (χ2v) is 15.7. The summed E-state index contributed by atoms with van der Waals surface area (Å²) in [6, 6.07) is 10.6. The van der Waals surface area contributed by atoms with Crippen LogP contribution in [-0.4, -0.2) is 56.0 Å². The van der Waals surface area contributed by atoms with E-state index in [1.54, 1.807) is 6.21 Å². The second-order valence-electron chi connectivity index (χ2n) is 10.9. The van der Waals surface area contributed by atoms with E-state index in [2.05, 4.69) is 51.1 Å². The maximum Gasteiger partial charge on any atom is 0.347 e. The van der Waals surface area contributed by atoms with Crippen molar-refractivity contribution in [2.45, 2.75) is 94.9 Å². The molecule has 1 aromatic rings. The third-order valence-electron chi connectivity index (χ3n) is 7.60. The monoisotopic (exact) mass is 458 g/mol. The second kappa shape index (κ2) is 8.26. The van der Waals surface area contributed by atoms with Crippen LogP contribution in [0.2, 0.25) is 18.1 Å². The predicted octanol–water partition coefficient (Wildman–Crippen LogP) is 5.06. The van der Waals surface area contributed by atoms with Gasteiger partial charge in [0.05, 0.1) is 31.0 Å². The van der Waals surface area contributed by atoms with Gasteiger partial charge in [-0.2, -0.15) is 5.10 Å². The van der Waals surface area contributed by atoms with Crippen molar-refractivity contribution in [2.75, 3.05) is 13.2 Å². The Kier molecular flexibility index (Phi) is 6.05. The fourth-order valence-corrected chi connectivity index (χ4v) is 6.27. The van der Waals surface area contributed by atoms with Crippen LogP contribution in [0.4, 0.5) is 0 Å². The first kappa shape index (κ1) is 23.5. The third kappa shape index (κ3) is 4.27. The fourth-order valence-electron chi connectivity index (χ4n) is 4.63. The molecule has 32 heavy (non-hydrogen) atoms. The van der Waals surface area contributed by atoms with Gasteiger partial charge in [-0.15, -0.1) is 0 Å². The Morgan fingerprint density at radius 2 is 1.91 bits per heavy atom. The zero-order valence-corrected chi connectivity index (χ0v) is 21.4. The van der Waals surface area contributed by atoms with Gasteiger partial charge in [0.15, 0.2) is 8.32 Å². The number of hydrogen-bond donors (Lipinski definition) is 0. The number of hydrazone groups is 1. The lowest BCUT2D eigenvalue weighted by Crippen LogP contribution is -2.53. The maximum atomic E-state index is 13.1. The SMILES string of the molecule is CCOC(=O)C1(/C=N\N2CC2c2ccccc2)OC1C1(O[Si](C)(C)C(C)(C)C)CCCC1. The minimum absolute atomic E-state index is 0.0841. The van der Waals surface area contributed by atoms with E-state index in [-0.39, 0.29) is 23.2 Å². The van der Waals surface area contributed by atoms with Gasteiger partial charge in [0.1, 0.15) is 6.10 Å². The van der Waals surface area contributed by atoms with Crippen molar-refractivity contribution < 1.29 is 18.7 Å². The Balaban J connectivity index is 1.56. The highest BCUT2D eigenvalue weighted by Gasteiger charge is 2.73. The molecule has 0 spiro atoms. The molecule has 4 rings (SSSR count). The Morgan fingerprint density at radius 3 is 2.50 bits per heavy atom. The topological polar surface area (TPSA) is 63.4 Å². The normalized spacial score (nSPS) is 29.4. The molecule has 2 aliphatic heterocycles. The predicted molar refractivity (Wildman–Crippen MR) is 128 cm³/mol. The van der Waals surface area contributed by atoms with Crippen LogP contribution in [0.25, 0.3) is 0 Å². The van der Waals surface area contributed by atoms with Crippen LogP contribution in [0.15, 0.2) is 35.4 Å². The Labute approximate surface area is 193 Å². The number of rotatable bonds is 8. The first-order valence-corrected chi connectivity index (χ1v) is 14.9. The van der Waals surface area contributed by atoms with Gasteiger partial charge in [0.25, 0.3) is 0 Å². The van der Waals surface area contributed by atoms with Gasteiger partial charge in [-0.3, -0.25) is 5.01 Å². The Bertz CT molecular complexity index is 860. The molecule has 0 aromatic heterocycles. The van der Waals surface area contributed by atoms with Crippen LogP contribution >= 0.6 is 0 Å². The molecule has 2 heterocycles. The molecule has 0 N–H and O–H groups in total. The molecule has 1 aliphatic carbocycles. The average Bonchev–Trinajstić information content (AvgIpc) is 3.62. The molecular formula is C25H38N2O4Si. The zero-order chi connectivity index (χ0) is 23.2. The summed E-state index contributed by atoms with van der Waals surface area (Å²) >= 11 is 0. The van der Waals surface area contributed by atoms with Crippen LogP contribution in [-0.2, 0) is 18.7 Å². The standard InChI is InChI=1S/C25H38N2O4Si/c1-7-29-22(28)25(18-26-27-17-20(27)19-13-9-8-10-14-19)21(30-25)24(15-11-12-16-24)31-32(5,6)23(2,3)4/h8-10,13-14,18,20-21H,7,11-12,15-17H2,1-6H3/b26-18-. The van der Waals surface area contributed by atoms with E-state index in [1.165, 1.54) is 5.56 Å². The molecule has 1 aromatic carbocycles. The van der Waals surface area contributed by atoms with Crippen LogP contribution in [0.3, 0.4) is 0 Å². The highest BCUT2D eigenvalue weighted by atomic mass is 28.4. The number of carbonyl (C=O) groups excluding carboxylic acids is 1. The van der Waals surface area contributed by atoms with Crippen molar-refractivity contribution in [3.8, 4) is 0 Å². The van der Waals surface area contributed by atoms with Gasteiger partial charge in [-0.1, -0.05) is 63.9 Å². The molecule has 2 saturated heterocycles. The van der Waals surface area contributed by atoms with E-state index in [0.717, 1.165) is 32.2 Å². The van der Waals surface area contributed by atoms with E-state index in [9.17, 15) is 4.79 Å². The fraction of sp³-hybridized carbons (Fsp3) is 0.680. The summed E-state index contributed by atoms with van der Waals surface area (Å²) in [5.41, 5.74) is -0.358.